The number of hydrogen-bond donors (Lipinski definition) is 1. The topological polar surface area (TPSA) is 29.3 Å². The van der Waals surface area contributed by atoms with E-state index < -0.39 is 0 Å². The van der Waals surface area contributed by atoms with Gasteiger partial charge < -0.3 is 10.6 Å². The van der Waals surface area contributed by atoms with Crippen LogP contribution < -0.4 is 10.6 Å². The van der Waals surface area contributed by atoms with Crippen molar-refractivity contribution in [3.05, 3.63) is 28.2 Å². The van der Waals surface area contributed by atoms with Crippen molar-refractivity contribution in [3.63, 3.8) is 0 Å². The molecule has 1 aromatic rings. The van der Waals surface area contributed by atoms with Crippen molar-refractivity contribution >= 4 is 38.8 Å². The van der Waals surface area contributed by atoms with Crippen LogP contribution in [0.5, 0.6) is 0 Å². The van der Waals surface area contributed by atoms with Crippen LogP contribution in [0.25, 0.3) is 0 Å². The first-order valence-corrected chi connectivity index (χ1v) is 7.58. The Bertz CT molecular complexity index is 441. The molecule has 1 fully saturated rings. The van der Waals surface area contributed by atoms with Crippen molar-refractivity contribution in [1.29, 1.82) is 0 Å². The Morgan fingerprint density at radius 2 is 2.11 bits per heavy atom. The van der Waals surface area contributed by atoms with Gasteiger partial charge in [0.1, 0.15) is 4.99 Å². The number of benzene rings is 1. The molecular weight excluding hydrogens is 308 g/mol. The number of anilines is 1. The molecule has 0 amide bonds. The summed E-state index contributed by atoms with van der Waals surface area (Å²) in [4.78, 5) is 2.77. The minimum absolute atomic E-state index is 0.445. The van der Waals surface area contributed by atoms with Gasteiger partial charge in [0, 0.05) is 23.6 Å². The van der Waals surface area contributed by atoms with E-state index in [0.717, 1.165) is 22.5 Å². The van der Waals surface area contributed by atoms with Crippen molar-refractivity contribution in [2.45, 2.75) is 25.7 Å². The Kier molecular flexibility index (Phi) is 4.62. The third-order valence-corrected chi connectivity index (χ3v) is 4.52. The molecule has 0 aliphatic heterocycles. The van der Waals surface area contributed by atoms with E-state index in [1.807, 2.05) is 12.1 Å². The van der Waals surface area contributed by atoms with Crippen LogP contribution in [0.1, 0.15) is 31.2 Å². The summed E-state index contributed by atoms with van der Waals surface area (Å²) in [6.07, 6.45) is 5.51. The number of nitrogens with zero attached hydrogens (tertiary/aromatic N) is 1. The Hall–Kier alpha value is -0.610. The lowest BCUT2D eigenvalue weighted by Crippen LogP contribution is -2.24. The standard InChI is InChI=1S/C14H19BrN2S/c1-17(9-10-4-2-3-5-10)13-7-6-11(14(16)18)8-12(13)15/h6-8,10H,2-5,9H2,1H3,(H2,16,18). The molecule has 2 rings (SSSR count). The average Bonchev–Trinajstić information content (AvgIpc) is 2.81. The third-order valence-electron chi connectivity index (χ3n) is 3.65. The minimum Gasteiger partial charge on any atom is -0.389 e. The van der Waals surface area contributed by atoms with E-state index in [1.54, 1.807) is 0 Å². The summed E-state index contributed by atoms with van der Waals surface area (Å²) in [7, 11) is 2.15. The van der Waals surface area contributed by atoms with Crippen LogP contribution in [-0.2, 0) is 0 Å². The van der Waals surface area contributed by atoms with Gasteiger partial charge in [0.05, 0.1) is 5.69 Å². The van der Waals surface area contributed by atoms with Gasteiger partial charge >= 0.3 is 0 Å². The Morgan fingerprint density at radius 1 is 1.44 bits per heavy atom. The van der Waals surface area contributed by atoms with Crippen LogP contribution in [0.3, 0.4) is 0 Å². The molecule has 0 atom stereocenters. The van der Waals surface area contributed by atoms with E-state index in [9.17, 15) is 0 Å². The van der Waals surface area contributed by atoms with E-state index in [1.165, 1.54) is 31.4 Å². The summed E-state index contributed by atoms with van der Waals surface area (Å²) in [5.74, 6) is 0.845. The zero-order valence-corrected chi connectivity index (χ0v) is 13.1. The van der Waals surface area contributed by atoms with Gasteiger partial charge in [0.15, 0.2) is 0 Å². The normalized spacial score (nSPS) is 15.9. The largest absolute Gasteiger partial charge is 0.389 e. The molecule has 0 aromatic heterocycles. The van der Waals surface area contributed by atoms with E-state index in [-0.39, 0.29) is 0 Å². The fourth-order valence-electron chi connectivity index (χ4n) is 2.65. The molecule has 1 aliphatic rings. The molecule has 0 spiro atoms. The van der Waals surface area contributed by atoms with Crippen molar-refractivity contribution < 1.29 is 0 Å². The SMILES string of the molecule is CN(CC1CCCC1)c1ccc(C(N)=S)cc1Br. The van der Waals surface area contributed by atoms with E-state index in [4.69, 9.17) is 18.0 Å². The van der Waals surface area contributed by atoms with Crippen molar-refractivity contribution in [3.8, 4) is 0 Å². The molecule has 1 saturated carbocycles. The molecule has 2 nitrogen and oxygen atoms in total. The molecule has 0 bridgehead atoms. The van der Waals surface area contributed by atoms with E-state index in [0.29, 0.717) is 4.99 Å². The minimum atomic E-state index is 0.445. The van der Waals surface area contributed by atoms with Gasteiger partial charge in [0.25, 0.3) is 0 Å². The molecule has 18 heavy (non-hydrogen) atoms. The molecule has 0 unspecified atom stereocenters. The zero-order valence-electron chi connectivity index (χ0n) is 10.7. The second kappa shape index (κ2) is 6.02. The fraction of sp³-hybridized carbons (Fsp3) is 0.500. The Morgan fingerprint density at radius 3 is 2.67 bits per heavy atom. The van der Waals surface area contributed by atoms with Gasteiger partial charge in [-0.2, -0.15) is 0 Å². The quantitative estimate of drug-likeness (QED) is 0.855. The smallest absolute Gasteiger partial charge is 0.104 e. The van der Waals surface area contributed by atoms with Gasteiger partial charge in [-0.1, -0.05) is 25.1 Å². The van der Waals surface area contributed by atoms with Crippen LogP contribution in [0, 0.1) is 5.92 Å². The molecular formula is C14H19BrN2S. The second-order valence-electron chi connectivity index (χ2n) is 5.06. The van der Waals surface area contributed by atoms with Crippen LogP contribution in [0.4, 0.5) is 5.69 Å². The molecule has 1 aliphatic carbocycles. The van der Waals surface area contributed by atoms with Crippen molar-refractivity contribution in [2.75, 3.05) is 18.5 Å². The first-order valence-electron chi connectivity index (χ1n) is 6.38. The van der Waals surface area contributed by atoms with E-state index >= 15 is 0 Å². The molecule has 4 heteroatoms. The van der Waals surface area contributed by atoms with Crippen LogP contribution in [-0.4, -0.2) is 18.6 Å². The van der Waals surface area contributed by atoms with Crippen LogP contribution >= 0.6 is 28.1 Å². The molecule has 2 N–H and O–H groups in total. The van der Waals surface area contributed by atoms with Gasteiger partial charge in [0.2, 0.25) is 0 Å². The molecule has 0 saturated heterocycles. The molecule has 0 heterocycles. The van der Waals surface area contributed by atoms with Crippen molar-refractivity contribution in [2.24, 2.45) is 11.7 Å². The van der Waals surface area contributed by atoms with E-state index in [2.05, 4.69) is 33.9 Å². The van der Waals surface area contributed by atoms with Gasteiger partial charge in [-0.15, -0.1) is 0 Å². The van der Waals surface area contributed by atoms with Crippen LogP contribution in [0.2, 0.25) is 0 Å². The van der Waals surface area contributed by atoms with Crippen molar-refractivity contribution in [1.82, 2.24) is 0 Å². The third kappa shape index (κ3) is 3.23. The lowest BCUT2D eigenvalue weighted by atomic mass is 10.1. The van der Waals surface area contributed by atoms with Gasteiger partial charge in [-0.25, -0.2) is 0 Å². The summed E-state index contributed by atoms with van der Waals surface area (Å²) < 4.78 is 1.06. The second-order valence-corrected chi connectivity index (χ2v) is 6.36. The summed E-state index contributed by atoms with van der Waals surface area (Å²) in [6.45, 7) is 1.13. The molecule has 98 valence electrons. The monoisotopic (exact) mass is 326 g/mol. The highest BCUT2D eigenvalue weighted by Crippen LogP contribution is 2.30. The lowest BCUT2D eigenvalue weighted by Gasteiger charge is -2.24. The zero-order chi connectivity index (χ0) is 13.1. The maximum Gasteiger partial charge on any atom is 0.104 e. The highest BCUT2D eigenvalue weighted by molar-refractivity contribution is 9.10. The summed E-state index contributed by atoms with van der Waals surface area (Å²) in [5, 5.41) is 0. The number of thiocarbonyl (C=S) groups is 1. The van der Waals surface area contributed by atoms with Crippen LogP contribution in [0.15, 0.2) is 22.7 Å². The average molecular weight is 327 g/mol. The highest BCUT2D eigenvalue weighted by Gasteiger charge is 2.18. The maximum absolute atomic E-state index is 5.64. The summed E-state index contributed by atoms with van der Waals surface area (Å²) >= 11 is 8.60. The molecule has 0 radical (unpaired) electrons. The predicted octanol–water partition coefficient (Wildman–Crippen LogP) is 3.71. The number of nitrogens with two attached hydrogens (primary N) is 1. The van der Waals surface area contributed by atoms with Gasteiger partial charge in [-0.3, -0.25) is 0 Å². The summed E-state index contributed by atoms with van der Waals surface area (Å²) in [6, 6.07) is 6.09. The van der Waals surface area contributed by atoms with Gasteiger partial charge in [-0.05, 0) is 52.9 Å². The first kappa shape index (κ1) is 13.8. The fourth-order valence-corrected chi connectivity index (χ4v) is 3.46. The number of rotatable bonds is 4. The highest BCUT2D eigenvalue weighted by atomic mass is 79.9. The maximum atomic E-state index is 5.64. The number of hydrogen-bond acceptors (Lipinski definition) is 2. The summed E-state index contributed by atoms with van der Waals surface area (Å²) in [5.41, 5.74) is 7.76. The number of halogens is 1. The predicted molar refractivity (Wildman–Crippen MR) is 85.3 cm³/mol. The Balaban J connectivity index is 2.09. The lowest BCUT2D eigenvalue weighted by molar-refractivity contribution is 0.547. The first-order chi connectivity index (χ1) is 8.58. The molecule has 1 aromatic carbocycles. The Labute approximate surface area is 123 Å².